The number of nitrogens with one attached hydrogen (secondary N) is 1. The van der Waals surface area contributed by atoms with E-state index in [9.17, 15) is 9.59 Å². The minimum Gasteiger partial charge on any atom is -0.353 e. The first-order chi connectivity index (χ1) is 9.85. The zero-order chi connectivity index (χ0) is 15.5. The summed E-state index contributed by atoms with van der Waals surface area (Å²) in [6, 6.07) is 3.97. The molecule has 0 spiro atoms. The molecule has 0 radical (unpaired) electrons. The van der Waals surface area contributed by atoms with Crippen molar-refractivity contribution in [1.82, 2.24) is 10.2 Å². The van der Waals surface area contributed by atoms with Gasteiger partial charge in [0.2, 0.25) is 5.91 Å². The predicted molar refractivity (Wildman–Crippen MR) is 85.5 cm³/mol. The maximum atomic E-state index is 12.2. The monoisotopic (exact) mass is 308 g/mol. The molecule has 2 amide bonds. The number of amides is 2. The second-order valence-electron chi connectivity index (χ2n) is 6.85. The Hall–Kier alpha value is -1.36. The van der Waals surface area contributed by atoms with Gasteiger partial charge in [0.25, 0.3) is 5.91 Å². The largest absolute Gasteiger partial charge is 0.353 e. The molecule has 1 aliphatic rings. The topological polar surface area (TPSA) is 49.4 Å². The third-order valence-electron chi connectivity index (χ3n) is 3.57. The molecule has 0 unspecified atom stereocenters. The summed E-state index contributed by atoms with van der Waals surface area (Å²) < 4.78 is 0. The smallest absolute Gasteiger partial charge is 0.263 e. The number of hydrogen-bond donors (Lipinski definition) is 1. The molecule has 1 aromatic heterocycles. The highest BCUT2D eigenvalue weighted by Gasteiger charge is 2.26. The molecule has 1 saturated heterocycles. The molecule has 0 atom stereocenters. The summed E-state index contributed by atoms with van der Waals surface area (Å²) in [6.45, 7) is 7.63. The minimum absolute atomic E-state index is 0.0138. The SMILES string of the molecule is CC(C)(C)CC(=O)NC1CCN(C(=O)c2cccs2)CC1. The van der Waals surface area contributed by atoms with Gasteiger partial charge in [-0.3, -0.25) is 9.59 Å². The molecule has 116 valence electrons. The summed E-state index contributed by atoms with van der Waals surface area (Å²) in [6.07, 6.45) is 2.22. The van der Waals surface area contributed by atoms with Gasteiger partial charge in [0.15, 0.2) is 0 Å². The maximum Gasteiger partial charge on any atom is 0.263 e. The van der Waals surface area contributed by atoms with Crippen molar-refractivity contribution in [3.05, 3.63) is 22.4 Å². The standard InChI is InChI=1S/C16H24N2O2S/c1-16(2,3)11-14(19)17-12-6-8-18(9-7-12)15(20)13-5-4-10-21-13/h4-5,10,12H,6-9,11H2,1-3H3,(H,17,19). The Kier molecular flexibility index (Phi) is 5.04. The molecular formula is C16H24N2O2S. The summed E-state index contributed by atoms with van der Waals surface area (Å²) >= 11 is 1.48. The lowest BCUT2D eigenvalue weighted by atomic mass is 9.91. The number of thiophene rings is 1. The van der Waals surface area contributed by atoms with Crippen molar-refractivity contribution in [2.45, 2.75) is 46.1 Å². The quantitative estimate of drug-likeness (QED) is 0.933. The molecule has 0 saturated carbocycles. The Morgan fingerprint density at radius 3 is 2.52 bits per heavy atom. The fourth-order valence-electron chi connectivity index (χ4n) is 2.54. The van der Waals surface area contributed by atoms with Gasteiger partial charge in [0.05, 0.1) is 4.88 Å². The van der Waals surface area contributed by atoms with Crippen LogP contribution < -0.4 is 5.32 Å². The highest BCUT2D eigenvalue weighted by Crippen LogP contribution is 2.20. The maximum absolute atomic E-state index is 12.2. The van der Waals surface area contributed by atoms with Crippen molar-refractivity contribution in [2.75, 3.05) is 13.1 Å². The predicted octanol–water partition coefficient (Wildman–Crippen LogP) is 2.91. The van der Waals surface area contributed by atoms with Gasteiger partial charge in [0.1, 0.15) is 0 Å². The zero-order valence-corrected chi connectivity index (χ0v) is 13.8. The Balaban J connectivity index is 1.78. The Morgan fingerprint density at radius 1 is 1.33 bits per heavy atom. The fourth-order valence-corrected chi connectivity index (χ4v) is 3.23. The molecule has 2 rings (SSSR count). The van der Waals surface area contributed by atoms with Crippen LogP contribution in [0.3, 0.4) is 0 Å². The van der Waals surface area contributed by atoms with Crippen LogP contribution in [0, 0.1) is 5.41 Å². The van der Waals surface area contributed by atoms with Crippen LogP contribution in [0.25, 0.3) is 0 Å². The Bertz CT molecular complexity index is 483. The van der Waals surface area contributed by atoms with Crippen LogP contribution in [-0.2, 0) is 4.79 Å². The van der Waals surface area contributed by atoms with Crippen molar-refractivity contribution >= 4 is 23.2 Å². The number of piperidine rings is 1. The second kappa shape index (κ2) is 6.60. The lowest BCUT2D eigenvalue weighted by molar-refractivity contribution is -0.123. The summed E-state index contributed by atoms with van der Waals surface area (Å²) in [7, 11) is 0. The van der Waals surface area contributed by atoms with Crippen molar-refractivity contribution < 1.29 is 9.59 Å². The van der Waals surface area contributed by atoms with Gasteiger partial charge in [-0.1, -0.05) is 26.8 Å². The number of likely N-dealkylation sites (tertiary alicyclic amines) is 1. The van der Waals surface area contributed by atoms with E-state index in [2.05, 4.69) is 26.1 Å². The van der Waals surface area contributed by atoms with Gasteiger partial charge in [-0.25, -0.2) is 0 Å². The number of carbonyl (C=O) groups is 2. The van der Waals surface area contributed by atoms with E-state index in [0.717, 1.165) is 30.8 Å². The molecule has 2 heterocycles. The molecule has 0 aromatic carbocycles. The molecule has 21 heavy (non-hydrogen) atoms. The van der Waals surface area contributed by atoms with E-state index in [1.165, 1.54) is 11.3 Å². The lowest BCUT2D eigenvalue weighted by Crippen LogP contribution is -2.46. The third-order valence-corrected chi connectivity index (χ3v) is 4.43. The van der Waals surface area contributed by atoms with E-state index in [0.29, 0.717) is 6.42 Å². The summed E-state index contributed by atoms with van der Waals surface area (Å²) in [4.78, 5) is 26.8. The molecule has 1 fully saturated rings. The van der Waals surface area contributed by atoms with Gasteiger partial charge in [-0.15, -0.1) is 11.3 Å². The van der Waals surface area contributed by atoms with Gasteiger partial charge >= 0.3 is 0 Å². The second-order valence-corrected chi connectivity index (χ2v) is 7.80. The zero-order valence-electron chi connectivity index (χ0n) is 13.0. The average molecular weight is 308 g/mol. The highest BCUT2D eigenvalue weighted by molar-refractivity contribution is 7.12. The van der Waals surface area contributed by atoms with Crippen LogP contribution in [0.5, 0.6) is 0 Å². The first kappa shape index (κ1) is 16.0. The number of hydrogen-bond acceptors (Lipinski definition) is 3. The van der Waals surface area contributed by atoms with E-state index >= 15 is 0 Å². The van der Waals surface area contributed by atoms with E-state index in [1.807, 2.05) is 22.4 Å². The summed E-state index contributed by atoms with van der Waals surface area (Å²) in [5.41, 5.74) is 0.0138. The van der Waals surface area contributed by atoms with Gasteiger partial charge in [-0.05, 0) is 29.7 Å². The Morgan fingerprint density at radius 2 is 2.00 bits per heavy atom. The van der Waals surface area contributed by atoms with Crippen LogP contribution >= 0.6 is 11.3 Å². The Labute approximate surface area is 130 Å². The normalized spacial score (nSPS) is 16.8. The minimum atomic E-state index is 0.0138. The van der Waals surface area contributed by atoms with Crippen LogP contribution in [0.2, 0.25) is 0 Å². The van der Waals surface area contributed by atoms with E-state index < -0.39 is 0 Å². The molecule has 5 heteroatoms. The van der Waals surface area contributed by atoms with E-state index in [4.69, 9.17) is 0 Å². The first-order valence-corrected chi connectivity index (χ1v) is 8.35. The third kappa shape index (κ3) is 4.84. The summed E-state index contributed by atoms with van der Waals surface area (Å²) in [5, 5.41) is 5.02. The lowest BCUT2D eigenvalue weighted by Gasteiger charge is -2.32. The number of carbonyl (C=O) groups excluding carboxylic acids is 2. The number of rotatable bonds is 3. The average Bonchev–Trinajstić information content (AvgIpc) is 2.90. The van der Waals surface area contributed by atoms with Crippen LogP contribution in [0.15, 0.2) is 17.5 Å². The molecule has 0 aliphatic carbocycles. The molecule has 4 nitrogen and oxygen atoms in total. The van der Waals surface area contributed by atoms with Crippen molar-refractivity contribution in [3.8, 4) is 0 Å². The van der Waals surface area contributed by atoms with Crippen LogP contribution in [0.4, 0.5) is 0 Å². The first-order valence-electron chi connectivity index (χ1n) is 7.47. The molecule has 1 N–H and O–H groups in total. The van der Waals surface area contributed by atoms with E-state index in [-0.39, 0.29) is 23.3 Å². The van der Waals surface area contributed by atoms with Crippen molar-refractivity contribution in [3.63, 3.8) is 0 Å². The highest BCUT2D eigenvalue weighted by atomic mass is 32.1. The molecular weight excluding hydrogens is 284 g/mol. The molecule has 1 aromatic rings. The van der Waals surface area contributed by atoms with Crippen LogP contribution in [-0.4, -0.2) is 35.8 Å². The van der Waals surface area contributed by atoms with Crippen molar-refractivity contribution in [1.29, 1.82) is 0 Å². The number of nitrogens with zero attached hydrogens (tertiary/aromatic N) is 1. The summed E-state index contributed by atoms with van der Waals surface area (Å²) in [5.74, 6) is 0.231. The van der Waals surface area contributed by atoms with Gasteiger partial charge in [-0.2, -0.15) is 0 Å². The molecule has 1 aliphatic heterocycles. The van der Waals surface area contributed by atoms with E-state index in [1.54, 1.807) is 0 Å². The van der Waals surface area contributed by atoms with Gasteiger partial charge < -0.3 is 10.2 Å². The van der Waals surface area contributed by atoms with Crippen LogP contribution in [0.1, 0.15) is 49.7 Å². The van der Waals surface area contributed by atoms with Crippen molar-refractivity contribution in [2.24, 2.45) is 5.41 Å². The fraction of sp³-hybridized carbons (Fsp3) is 0.625. The molecule has 0 bridgehead atoms. The van der Waals surface area contributed by atoms with Gasteiger partial charge in [0, 0.05) is 25.6 Å².